The van der Waals surface area contributed by atoms with Crippen LogP contribution in [0.25, 0.3) is 22.3 Å². The van der Waals surface area contributed by atoms with E-state index in [2.05, 4.69) is 20.3 Å². The number of nitrogens with two attached hydrogens (primary N) is 1. The average molecular weight is 369 g/mol. The summed E-state index contributed by atoms with van der Waals surface area (Å²) in [5.74, 6) is -0.789. The molecular weight excluding hydrogens is 354 g/mol. The molecule has 7 heteroatoms. The van der Waals surface area contributed by atoms with E-state index in [1.54, 1.807) is 54.9 Å². The molecule has 2 aromatic carbocycles. The Bertz CT molecular complexity index is 1170. The Hall–Kier alpha value is -4.13. The second kappa shape index (κ2) is 7.24. The van der Waals surface area contributed by atoms with E-state index >= 15 is 0 Å². The van der Waals surface area contributed by atoms with E-state index in [9.17, 15) is 9.59 Å². The summed E-state index contributed by atoms with van der Waals surface area (Å²) in [5.41, 5.74) is 9.34. The average Bonchev–Trinajstić information content (AvgIpc) is 2.74. The molecule has 0 radical (unpaired) electrons. The van der Waals surface area contributed by atoms with Crippen LogP contribution >= 0.6 is 0 Å². The summed E-state index contributed by atoms with van der Waals surface area (Å²) in [6.07, 6.45) is 4.75. The van der Waals surface area contributed by atoms with Gasteiger partial charge in [-0.1, -0.05) is 18.2 Å². The summed E-state index contributed by atoms with van der Waals surface area (Å²) in [7, 11) is 0. The fraction of sp³-hybridized carbons (Fsp3) is 0. The molecule has 3 N–H and O–H groups in total. The highest BCUT2D eigenvalue weighted by atomic mass is 16.2. The molecule has 0 unspecified atom stereocenters. The molecule has 2 heterocycles. The van der Waals surface area contributed by atoms with Crippen LogP contribution in [0.4, 0.5) is 5.69 Å². The third kappa shape index (κ3) is 3.41. The summed E-state index contributed by atoms with van der Waals surface area (Å²) in [6.45, 7) is 0. The number of anilines is 1. The topological polar surface area (TPSA) is 111 Å². The quantitative estimate of drug-likeness (QED) is 0.574. The molecule has 0 saturated carbocycles. The lowest BCUT2D eigenvalue weighted by Gasteiger charge is -2.08. The smallest absolute Gasteiger partial charge is 0.257 e. The highest BCUT2D eigenvalue weighted by molar-refractivity contribution is 6.05. The molecule has 0 atom stereocenters. The number of aromatic nitrogens is 3. The zero-order valence-electron chi connectivity index (χ0n) is 14.7. The molecule has 136 valence electrons. The predicted octanol–water partition coefficient (Wildman–Crippen LogP) is 3.04. The van der Waals surface area contributed by atoms with Gasteiger partial charge in [-0.25, -0.2) is 4.98 Å². The van der Waals surface area contributed by atoms with Gasteiger partial charge in [-0.3, -0.25) is 19.6 Å². The van der Waals surface area contributed by atoms with Crippen molar-refractivity contribution in [3.63, 3.8) is 0 Å². The predicted molar refractivity (Wildman–Crippen MR) is 106 cm³/mol. The number of fused-ring (bicyclic) bond motifs is 1. The number of nitrogens with zero attached hydrogens (tertiary/aromatic N) is 3. The molecule has 0 fully saturated rings. The van der Waals surface area contributed by atoms with Crippen molar-refractivity contribution in [2.24, 2.45) is 5.73 Å². The maximum Gasteiger partial charge on any atom is 0.257 e. The van der Waals surface area contributed by atoms with Crippen LogP contribution < -0.4 is 11.1 Å². The van der Waals surface area contributed by atoms with Crippen LogP contribution in [0.5, 0.6) is 0 Å². The van der Waals surface area contributed by atoms with Crippen molar-refractivity contribution < 1.29 is 9.59 Å². The first kappa shape index (κ1) is 17.3. The van der Waals surface area contributed by atoms with Gasteiger partial charge in [0, 0.05) is 23.6 Å². The van der Waals surface area contributed by atoms with Gasteiger partial charge in [-0.15, -0.1) is 0 Å². The van der Waals surface area contributed by atoms with Crippen LogP contribution in [0.15, 0.2) is 73.2 Å². The molecular formula is C21H15N5O2. The van der Waals surface area contributed by atoms with Gasteiger partial charge in [0.15, 0.2) is 0 Å². The third-order valence-electron chi connectivity index (χ3n) is 4.20. The molecule has 2 aromatic heterocycles. The summed E-state index contributed by atoms with van der Waals surface area (Å²) in [5, 5.41) is 2.81. The van der Waals surface area contributed by atoms with Crippen LogP contribution in [-0.2, 0) is 0 Å². The second-order valence-electron chi connectivity index (χ2n) is 6.07. The van der Waals surface area contributed by atoms with Crippen molar-refractivity contribution in [2.75, 3.05) is 5.32 Å². The molecule has 4 aromatic rings. The maximum absolute atomic E-state index is 12.2. The van der Waals surface area contributed by atoms with E-state index in [0.29, 0.717) is 33.5 Å². The number of para-hydroxylation sites is 1. The largest absolute Gasteiger partial charge is 0.366 e. The van der Waals surface area contributed by atoms with E-state index in [1.165, 1.54) is 6.20 Å². The normalized spacial score (nSPS) is 10.6. The Kier molecular flexibility index (Phi) is 4.47. The minimum absolute atomic E-state index is 0.238. The van der Waals surface area contributed by atoms with E-state index in [0.717, 1.165) is 5.56 Å². The maximum atomic E-state index is 12.2. The van der Waals surface area contributed by atoms with Gasteiger partial charge in [-0.05, 0) is 36.4 Å². The summed E-state index contributed by atoms with van der Waals surface area (Å²) in [4.78, 5) is 36.7. The van der Waals surface area contributed by atoms with Crippen LogP contribution in [0, 0.1) is 0 Å². The molecule has 0 aliphatic rings. The van der Waals surface area contributed by atoms with Crippen molar-refractivity contribution in [3.05, 3.63) is 84.3 Å². The highest BCUT2D eigenvalue weighted by Gasteiger charge is 2.11. The van der Waals surface area contributed by atoms with Crippen molar-refractivity contribution in [3.8, 4) is 11.3 Å². The Morgan fingerprint density at radius 1 is 0.929 bits per heavy atom. The van der Waals surface area contributed by atoms with Crippen molar-refractivity contribution in [2.45, 2.75) is 0 Å². The number of primary amides is 1. The fourth-order valence-electron chi connectivity index (χ4n) is 2.80. The van der Waals surface area contributed by atoms with Gasteiger partial charge in [0.25, 0.3) is 11.8 Å². The minimum atomic E-state index is -0.550. The number of carbonyl (C=O) groups is 2. The van der Waals surface area contributed by atoms with Gasteiger partial charge in [0.05, 0.1) is 28.5 Å². The number of nitrogens with one attached hydrogen (secondary N) is 1. The van der Waals surface area contributed by atoms with Crippen molar-refractivity contribution in [1.29, 1.82) is 0 Å². The molecule has 0 aliphatic heterocycles. The van der Waals surface area contributed by atoms with Crippen molar-refractivity contribution in [1.82, 2.24) is 15.0 Å². The van der Waals surface area contributed by atoms with Crippen molar-refractivity contribution >= 4 is 28.5 Å². The molecule has 0 saturated heterocycles. The lowest BCUT2D eigenvalue weighted by atomic mass is 10.1. The van der Waals surface area contributed by atoms with E-state index in [-0.39, 0.29) is 5.91 Å². The van der Waals surface area contributed by atoms with E-state index < -0.39 is 5.91 Å². The third-order valence-corrected chi connectivity index (χ3v) is 4.20. The first-order valence-corrected chi connectivity index (χ1v) is 8.49. The summed E-state index contributed by atoms with van der Waals surface area (Å²) < 4.78 is 0. The molecule has 0 bridgehead atoms. The number of hydrogen-bond donors (Lipinski definition) is 2. The molecule has 0 aliphatic carbocycles. The number of rotatable bonds is 4. The molecule has 2 amide bonds. The van der Waals surface area contributed by atoms with Crippen LogP contribution in [0.3, 0.4) is 0 Å². The molecule has 4 rings (SSSR count). The van der Waals surface area contributed by atoms with Crippen LogP contribution in [-0.4, -0.2) is 26.8 Å². The summed E-state index contributed by atoms with van der Waals surface area (Å²) in [6, 6.07) is 15.7. The molecule has 0 spiro atoms. The zero-order valence-corrected chi connectivity index (χ0v) is 14.7. The number of hydrogen-bond acceptors (Lipinski definition) is 5. The highest BCUT2D eigenvalue weighted by Crippen LogP contribution is 2.23. The van der Waals surface area contributed by atoms with Gasteiger partial charge < -0.3 is 11.1 Å². The minimum Gasteiger partial charge on any atom is -0.366 e. The van der Waals surface area contributed by atoms with Gasteiger partial charge in [-0.2, -0.15) is 0 Å². The standard InChI is InChI=1S/C21H15N5O2/c22-20(27)16-4-1-5-17-19(16)26-18(12-24-17)13-6-8-15(9-7-13)25-21(28)14-3-2-10-23-11-14/h1-12H,(H2,22,27)(H,25,28). The van der Waals surface area contributed by atoms with Gasteiger partial charge in [0.2, 0.25) is 0 Å². The Balaban J connectivity index is 1.61. The lowest BCUT2D eigenvalue weighted by molar-refractivity contribution is 0.0998. The number of amides is 2. The second-order valence-corrected chi connectivity index (χ2v) is 6.07. The number of carbonyl (C=O) groups excluding carboxylic acids is 2. The molecule has 7 nitrogen and oxygen atoms in total. The fourth-order valence-corrected chi connectivity index (χ4v) is 2.80. The SMILES string of the molecule is NC(=O)c1cccc2ncc(-c3ccc(NC(=O)c4cccnc4)cc3)nc12. The molecule has 28 heavy (non-hydrogen) atoms. The first-order valence-electron chi connectivity index (χ1n) is 8.49. The Labute approximate surface area is 160 Å². The Morgan fingerprint density at radius 3 is 2.46 bits per heavy atom. The summed E-state index contributed by atoms with van der Waals surface area (Å²) >= 11 is 0. The monoisotopic (exact) mass is 369 g/mol. The van der Waals surface area contributed by atoms with Crippen LogP contribution in [0.1, 0.15) is 20.7 Å². The lowest BCUT2D eigenvalue weighted by Crippen LogP contribution is -2.12. The van der Waals surface area contributed by atoms with Gasteiger partial charge in [0.1, 0.15) is 5.52 Å². The number of benzene rings is 2. The number of pyridine rings is 1. The van der Waals surface area contributed by atoms with E-state index in [1.807, 2.05) is 12.1 Å². The first-order chi connectivity index (χ1) is 13.6. The van der Waals surface area contributed by atoms with Crippen LogP contribution in [0.2, 0.25) is 0 Å². The van der Waals surface area contributed by atoms with E-state index in [4.69, 9.17) is 5.73 Å². The Morgan fingerprint density at radius 2 is 1.75 bits per heavy atom. The van der Waals surface area contributed by atoms with Gasteiger partial charge >= 0.3 is 0 Å². The zero-order chi connectivity index (χ0) is 19.5.